The van der Waals surface area contributed by atoms with Gasteiger partial charge in [0.25, 0.3) is 0 Å². The van der Waals surface area contributed by atoms with Crippen LogP contribution in [-0.4, -0.2) is 49.7 Å². The zero-order valence-corrected chi connectivity index (χ0v) is 31.9. The van der Waals surface area contributed by atoms with E-state index < -0.39 is 5.63 Å². The fourth-order valence-corrected chi connectivity index (χ4v) is 6.97. The van der Waals surface area contributed by atoms with E-state index in [0.717, 1.165) is 43.8 Å². The number of esters is 1. The normalized spacial score (nSPS) is 11.8. The molecule has 2 aromatic rings. The summed E-state index contributed by atoms with van der Waals surface area (Å²) in [6.45, 7) is 16.0. The smallest absolute Gasteiger partial charge is 0.362 e. The van der Waals surface area contributed by atoms with Gasteiger partial charge in [0.15, 0.2) is 6.54 Å². The van der Waals surface area contributed by atoms with Crippen molar-refractivity contribution in [3.63, 3.8) is 0 Å². The molecule has 0 saturated heterocycles. The third-order valence-electron chi connectivity index (χ3n) is 10.6. The van der Waals surface area contributed by atoms with Gasteiger partial charge in [-0.2, -0.15) is 0 Å². The zero-order valence-electron chi connectivity index (χ0n) is 31.9. The number of anilines is 1. The average Bonchev–Trinajstić information content (AvgIpc) is 3.10. The Morgan fingerprint density at radius 3 is 1.56 bits per heavy atom. The minimum Gasteiger partial charge on any atom is -0.457 e. The molecule has 1 aromatic carbocycles. The fourth-order valence-electron chi connectivity index (χ4n) is 6.97. The molecule has 1 aromatic heterocycles. The first kappa shape index (κ1) is 41.8. The highest BCUT2D eigenvalue weighted by Crippen LogP contribution is 2.26. The molecule has 0 aliphatic carbocycles. The second-order valence-corrected chi connectivity index (χ2v) is 14.2. The van der Waals surface area contributed by atoms with Crippen molar-refractivity contribution in [2.45, 2.75) is 170 Å². The highest BCUT2D eigenvalue weighted by molar-refractivity contribution is 5.84. The van der Waals surface area contributed by atoms with Crippen molar-refractivity contribution in [1.29, 1.82) is 0 Å². The van der Waals surface area contributed by atoms with Gasteiger partial charge in [0.05, 0.1) is 19.6 Å². The fraction of sp³-hybridized carbons (Fsp3) is 0.762. The molecule has 0 saturated carbocycles. The first-order valence-electron chi connectivity index (χ1n) is 20.2. The maximum absolute atomic E-state index is 12.8. The molecule has 6 nitrogen and oxygen atoms in total. The number of rotatable bonds is 30. The molecule has 6 heteroatoms. The molecule has 0 bridgehead atoms. The van der Waals surface area contributed by atoms with Crippen molar-refractivity contribution in [3.8, 4) is 0 Å². The number of quaternary nitrogens is 1. The van der Waals surface area contributed by atoms with Gasteiger partial charge in [-0.25, -0.2) is 9.59 Å². The number of fused-ring (bicyclic) bond motifs is 1. The average molecular weight is 670 g/mol. The van der Waals surface area contributed by atoms with Crippen LogP contribution >= 0.6 is 0 Å². The van der Waals surface area contributed by atoms with Crippen molar-refractivity contribution in [2.24, 2.45) is 0 Å². The Hall–Kier alpha value is -2.34. The third-order valence-corrected chi connectivity index (χ3v) is 10.6. The first-order valence-corrected chi connectivity index (χ1v) is 20.2. The molecular formula is C42H73N2O4+. The molecule has 0 fully saturated rings. The summed E-state index contributed by atoms with van der Waals surface area (Å²) in [5.41, 5.74) is 1.99. The highest BCUT2D eigenvalue weighted by atomic mass is 16.5. The highest BCUT2D eigenvalue weighted by Gasteiger charge is 2.26. The van der Waals surface area contributed by atoms with Crippen LogP contribution in [0.4, 0.5) is 5.69 Å². The largest absolute Gasteiger partial charge is 0.457 e. The third kappa shape index (κ3) is 16.4. The molecule has 0 aliphatic heterocycles. The van der Waals surface area contributed by atoms with E-state index in [4.69, 9.17) is 9.15 Å². The van der Waals surface area contributed by atoms with Gasteiger partial charge in [0.2, 0.25) is 0 Å². The lowest BCUT2D eigenvalue weighted by atomic mass is 10.1. The summed E-state index contributed by atoms with van der Waals surface area (Å²) in [5.74, 6) is -0.224. The Labute approximate surface area is 294 Å². The monoisotopic (exact) mass is 670 g/mol. The maximum Gasteiger partial charge on any atom is 0.362 e. The minimum absolute atomic E-state index is 0.0817. The SMILES string of the molecule is CCCCCCCCCCCCN(CCCCCCCCCCCC)c1ccc2c(COC(=O)C[N+](CC)(CC)CC)cc(=O)oc2c1. The summed E-state index contributed by atoms with van der Waals surface area (Å²) in [5, 5.41) is 0.839. The molecule has 0 N–H and O–H groups in total. The molecule has 0 radical (unpaired) electrons. The van der Waals surface area contributed by atoms with Crippen molar-refractivity contribution in [2.75, 3.05) is 44.2 Å². The van der Waals surface area contributed by atoms with E-state index in [1.807, 2.05) is 12.1 Å². The summed E-state index contributed by atoms with van der Waals surface area (Å²) in [6.07, 6.45) is 26.6. The molecular weight excluding hydrogens is 596 g/mol. The van der Waals surface area contributed by atoms with Crippen LogP contribution in [0.5, 0.6) is 0 Å². The van der Waals surface area contributed by atoms with Crippen LogP contribution < -0.4 is 10.5 Å². The van der Waals surface area contributed by atoms with Gasteiger partial charge in [-0.15, -0.1) is 0 Å². The van der Waals surface area contributed by atoms with Gasteiger partial charge >= 0.3 is 11.6 Å². The molecule has 274 valence electrons. The van der Waals surface area contributed by atoms with Crippen LogP contribution in [0.25, 0.3) is 11.0 Å². The Balaban J connectivity index is 2.01. The van der Waals surface area contributed by atoms with Gasteiger partial charge in [0, 0.05) is 41.9 Å². The summed E-state index contributed by atoms with van der Waals surface area (Å²) in [7, 11) is 0. The van der Waals surface area contributed by atoms with Crippen LogP contribution in [0.2, 0.25) is 0 Å². The van der Waals surface area contributed by atoms with Crippen LogP contribution in [0.1, 0.15) is 169 Å². The van der Waals surface area contributed by atoms with E-state index in [0.29, 0.717) is 22.2 Å². The van der Waals surface area contributed by atoms with Crippen LogP contribution in [-0.2, 0) is 16.1 Å². The van der Waals surface area contributed by atoms with Crippen LogP contribution in [0.3, 0.4) is 0 Å². The maximum atomic E-state index is 12.8. The Bertz CT molecular complexity index is 1140. The standard InChI is InChI=1S/C42H73N2O4/c1-6-11-13-15-17-19-21-23-25-27-31-43(32-28-26-24-22-20-18-16-14-12-7-2)38-29-30-39-37(33-41(45)48-40(39)34-38)36-47-42(46)35-44(8-3,9-4)10-5/h29-30,33-34H,6-28,31-32,35-36H2,1-5H3/q+1. The zero-order chi connectivity index (χ0) is 34.9. The number of carbonyl (C=O) groups is 1. The quantitative estimate of drug-likeness (QED) is 0.0358. The lowest BCUT2D eigenvalue weighted by Crippen LogP contribution is -2.51. The van der Waals surface area contributed by atoms with Crippen LogP contribution in [0, 0.1) is 0 Å². The molecule has 0 spiro atoms. The van der Waals surface area contributed by atoms with E-state index in [-0.39, 0.29) is 12.6 Å². The molecule has 2 rings (SSSR count). The van der Waals surface area contributed by atoms with Crippen molar-refractivity contribution < 1.29 is 18.4 Å². The first-order chi connectivity index (χ1) is 23.4. The molecule has 48 heavy (non-hydrogen) atoms. The molecule has 1 heterocycles. The van der Waals surface area contributed by atoms with Gasteiger partial charge in [0.1, 0.15) is 12.2 Å². The number of hydrogen-bond acceptors (Lipinski definition) is 5. The van der Waals surface area contributed by atoms with Gasteiger partial charge in [-0.3, -0.25) is 0 Å². The van der Waals surface area contributed by atoms with E-state index in [1.165, 1.54) is 134 Å². The van der Waals surface area contributed by atoms with E-state index >= 15 is 0 Å². The van der Waals surface area contributed by atoms with Crippen molar-refractivity contribution >= 4 is 22.6 Å². The minimum atomic E-state index is -0.401. The van der Waals surface area contributed by atoms with Crippen molar-refractivity contribution in [3.05, 3.63) is 40.2 Å². The Kier molecular flexibility index (Phi) is 22.3. The number of hydrogen-bond donors (Lipinski definition) is 0. The summed E-state index contributed by atoms with van der Waals surface area (Å²) in [4.78, 5) is 27.9. The number of carbonyl (C=O) groups excluding carboxylic acids is 1. The second-order valence-electron chi connectivity index (χ2n) is 14.2. The number of benzene rings is 1. The predicted molar refractivity (Wildman–Crippen MR) is 205 cm³/mol. The predicted octanol–water partition coefficient (Wildman–Crippen LogP) is 11.4. The summed E-state index contributed by atoms with van der Waals surface area (Å²) >= 11 is 0. The second kappa shape index (κ2) is 25.6. The van der Waals surface area contributed by atoms with Crippen molar-refractivity contribution in [1.82, 2.24) is 0 Å². The summed E-state index contributed by atoms with van der Waals surface area (Å²) < 4.78 is 12.1. The molecule has 0 aliphatic rings. The van der Waals surface area contributed by atoms with E-state index in [2.05, 4.69) is 45.6 Å². The Morgan fingerprint density at radius 1 is 0.646 bits per heavy atom. The number of likely N-dealkylation sites (N-methyl/N-ethyl adjacent to an activating group) is 1. The lowest BCUT2D eigenvalue weighted by Gasteiger charge is -2.34. The number of ether oxygens (including phenoxy) is 1. The number of unbranched alkanes of at least 4 members (excludes halogenated alkanes) is 18. The van der Waals surface area contributed by atoms with E-state index in [1.54, 1.807) is 0 Å². The van der Waals surface area contributed by atoms with E-state index in [9.17, 15) is 9.59 Å². The van der Waals surface area contributed by atoms with Crippen LogP contribution in [0.15, 0.2) is 33.5 Å². The van der Waals surface area contributed by atoms with Gasteiger partial charge in [-0.1, -0.05) is 129 Å². The number of nitrogens with zero attached hydrogens (tertiary/aromatic N) is 2. The molecule has 0 unspecified atom stereocenters. The van der Waals surface area contributed by atoms with Gasteiger partial charge in [-0.05, 0) is 45.7 Å². The van der Waals surface area contributed by atoms with Gasteiger partial charge < -0.3 is 18.5 Å². The summed E-state index contributed by atoms with van der Waals surface area (Å²) in [6, 6.07) is 7.71. The Morgan fingerprint density at radius 2 is 1.10 bits per heavy atom. The lowest BCUT2D eigenvalue weighted by molar-refractivity contribution is -0.916. The topological polar surface area (TPSA) is 59.8 Å². The molecule has 0 amide bonds. The molecule has 0 atom stereocenters.